The second-order valence-corrected chi connectivity index (χ2v) is 7.56. The number of rotatable bonds is 3. The SMILES string of the molecule is Cc1ccc2c(c1)CCN(C(=O)NCc1cccc(Cl)c1)C2c1cccnc1. The molecule has 1 unspecified atom stereocenters. The van der Waals surface area contributed by atoms with Crippen LogP contribution in [0.15, 0.2) is 67.0 Å². The van der Waals surface area contributed by atoms with Crippen LogP contribution in [0.5, 0.6) is 0 Å². The third-order valence-corrected chi connectivity index (χ3v) is 5.36. The number of fused-ring (bicyclic) bond motifs is 1. The topological polar surface area (TPSA) is 45.2 Å². The molecule has 4 rings (SSSR count). The Morgan fingerprint density at radius 3 is 2.89 bits per heavy atom. The largest absolute Gasteiger partial charge is 0.334 e. The van der Waals surface area contributed by atoms with Gasteiger partial charge in [0.2, 0.25) is 0 Å². The minimum absolute atomic E-state index is 0.0833. The van der Waals surface area contributed by atoms with Crippen molar-refractivity contribution in [1.29, 1.82) is 0 Å². The van der Waals surface area contributed by atoms with Crippen LogP contribution in [-0.2, 0) is 13.0 Å². The Labute approximate surface area is 170 Å². The molecule has 1 aromatic heterocycles. The molecule has 28 heavy (non-hydrogen) atoms. The van der Waals surface area contributed by atoms with Gasteiger partial charge in [0.15, 0.2) is 0 Å². The van der Waals surface area contributed by atoms with Crippen LogP contribution in [0.4, 0.5) is 4.79 Å². The van der Waals surface area contributed by atoms with Gasteiger partial charge in [0.05, 0.1) is 6.04 Å². The molecule has 0 saturated heterocycles. The van der Waals surface area contributed by atoms with Crippen molar-refractivity contribution in [2.75, 3.05) is 6.54 Å². The molecular weight excluding hydrogens is 370 g/mol. The van der Waals surface area contributed by atoms with Gasteiger partial charge in [-0.25, -0.2) is 4.79 Å². The number of hydrogen-bond acceptors (Lipinski definition) is 2. The van der Waals surface area contributed by atoms with Crippen LogP contribution in [0.3, 0.4) is 0 Å². The average molecular weight is 392 g/mol. The van der Waals surface area contributed by atoms with Crippen molar-refractivity contribution in [2.24, 2.45) is 0 Å². The molecule has 1 aliphatic heterocycles. The van der Waals surface area contributed by atoms with Crippen LogP contribution < -0.4 is 5.32 Å². The standard InChI is InChI=1S/C23H22ClN3O/c1-16-7-8-21-18(12-16)9-11-27(22(21)19-5-3-10-25-15-19)23(28)26-14-17-4-2-6-20(24)13-17/h2-8,10,12-13,15,22H,9,11,14H2,1H3,(H,26,28). The lowest BCUT2D eigenvalue weighted by Crippen LogP contribution is -2.45. The number of carbonyl (C=O) groups excluding carboxylic acids is 1. The quantitative estimate of drug-likeness (QED) is 0.690. The monoisotopic (exact) mass is 391 g/mol. The summed E-state index contributed by atoms with van der Waals surface area (Å²) >= 11 is 6.05. The van der Waals surface area contributed by atoms with E-state index in [1.807, 2.05) is 47.5 Å². The predicted molar refractivity (Wildman–Crippen MR) is 111 cm³/mol. The summed E-state index contributed by atoms with van der Waals surface area (Å²) in [5, 5.41) is 3.71. The number of nitrogens with one attached hydrogen (secondary N) is 1. The Morgan fingerprint density at radius 2 is 2.11 bits per heavy atom. The first-order valence-corrected chi connectivity index (χ1v) is 9.78. The fourth-order valence-corrected chi connectivity index (χ4v) is 4.01. The predicted octanol–water partition coefficient (Wildman–Crippen LogP) is 4.90. The summed E-state index contributed by atoms with van der Waals surface area (Å²) in [6.07, 6.45) is 4.45. The van der Waals surface area contributed by atoms with Crippen molar-refractivity contribution in [3.05, 3.63) is 99.8 Å². The summed E-state index contributed by atoms with van der Waals surface area (Å²) in [6.45, 7) is 3.21. The molecule has 5 heteroatoms. The Bertz CT molecular complexity index is 990. The van der Waals surface area contributed by atoms with Crippen LogP contribution >= 0.6 is 11.6 Å². The highest BCUT2D eigenvalue weighted by molar-refractivity contribution is 6.30. The van der Waals surface area contributed by atoms with Crippen molar-refractivity contribution >= 4 is 17.6 Å². The van der Waals surface area contributed by atoms with E-state index in [1.165, 1.54) is 16.7 Å². The van der Waals surface area contributed by atoms with Crippen LogP contribution in [0, 0.1) is 6.92 Å². The lowest BCUT2D eigenvalue weighted by molar-refractivity contribution is 0.179. The molecule has 4 nitrogen and oxygen atoms in total. The number of aromatic nitrogens is 1. The zero-order valence-corrected chi connectivity index (χ0v) is 16.5. The molecule has 3 aromatic rings. The number of carbonyl (C=O) groups is 1. The molecule has 142 valence electrons. The fraction of sp³-hybridized carbons (Fsp3) is 0.217. The summed E-state index contributed by atoms with van der Waals surface area (Å²) in [7, 11) is 0. The van der Waals surface area contributed by atoms with Gasteiger partial charge in [0, 0.05) is 30.5 Å². The van der Waals surface area contributed by atoms with Crippen molar-refractivity contribution in [2.45, 2.75) is 25.9 Å². The van der Waals surface area contributed by atoms with Gasteiger partial charge in [0.25, 0.3) is 0 Å². The fourth-order valence-electron chi connectivity index (χ4n) is 3.80. The first-order chi connectivity index (χ1) is 13.6. The average Bonchev–Trinajstić information content (AvgIpc) is 2.71. The number of urea groups is 1. The molecule has 2 aromatic carbocycles. The van der Waals surface area contributed by atoms with E-state index in [1.54, 1.807) is 6.20 Å². The number of aryl methyl sites for hydroxylation is 1. The molecular formula is C23H22ClN3O. The van der Waals surface area contributed by atoms with E-state index in [4.69, 9.17) is 11.6 Å². The number of hydrogen-bond donors (Lipinski definition) is 1. The molecule has 0 saturated carbocycles. The Morgan fingerprint density at radius 1 is 1.21 bits per heavy atom. The van der Waals surface area contributed by atoms with E-state index in [0.29, 0.717) is 18.1 Å². The van der Waals surface area contributed by atoms with Crippen molar-refractivity contribution in [3.63, 3.8) is 0 Å². The molecule has 0 bridgehead atoms. The van der Waals surface area contributed by atoms with E-state index in [0.717, 1.165) is 17.5 Å². The summed E-state index contributed by atoms with van der Waals surface area (Å²) in [4.78, 5) is 19.3. The molecule has 0 radical (unpaired) electrons. The van der Waals surface area contributed by atoms with Crippen molar-refractivity contribution < 1.29 is 4.79 Å². The summed E-state index contributed by atoms with van der Waals surface area (Å²) in [5.41, 5.74) is 5.70. The van der Waals surface area contributed by atoms with Crippen molar-refractivity contribution in [3.8, 4) is 0 Å². The van der Waals surface area contributed by atoms with Gasteiger partial charge in [-0.15, -0.1) is 0 Å². The lowest BCUT2D eigenvalue weighted by Gasteiger charge is -2.37. The van der Waals surface area contributed by atoms with E-state index >= 15 is 0 Å². The van der Waals surface area contributed by atoms with E-state index in [-0.39, 0.29) is 12.1 Å². The molecule has 1 aliphatic rings. The van der Waals surface area contributed by atoms with Gasteiger partial charge in [-0.3, -0.25) is 4.98 Å². The second-order valence-electron chi connectivity index (χ2n) is 7.12. The van der Waals surface area contributed by atoms with Gasteiger partial charge >= 0.3 is 6.03 Å². The number of nitrogens with zero attached hydrogens (tertiary/aromatic N) is 2. The second kappa shape index (κ2) is 8.03. The van der Waals surface area contributed by atoms with Crippen molar-refractivity contribution in [1.82, 2.24) is 15.2 Å². The summed E-state index contributed by atoms with van der Waals surface area (Å²) in [5.74, 6) is 0. The number of benzene rings is 2. The molecule has 2 heterocycles. The van der Waals surface area contributed by atoms with Crippen LogP contribution in [0.2, 0.25) is 5.02 Å². The normalized spacial score (nSPS) is 15.8. The number of pyridine rings is 1. The van der Waals surface area contributed by atoms with Gasteiger partial charge in [0.1, 0.15) is 0 Å². The third-order valence-electron chi connectivity index (χ3n) is 5.12. The lowest BCUT2D eigenvalue weighted by atomic mass is 9.88. The third kappa shape index (κ3) is 3.87. The zero-order valence-electron chi connectivity index (χ0n) is 15.7. The first kappa shape index (κ1) is 18.5. The summed E-state index contributed by atoms with van der Waals surface area (Å²) < 4.78 is 0. The highest BCUT2D eigenvalue weighted by Crippen LogP contribution is 2.35. The maximum Gasteiger partial charge on any atom is 0.318 e. The number of amides is 2. The highest BCUT2D eigenvalue weighted by Gasteiger charge is 2.32. The minimum atomic E-state index is -0.141. The molecule has 2 amide bonds. The Balaban J connectivity index is 1.61. The van der Waals surface area contributed by atoms with Crippen LogP contribution in [0.1, 0.15) is 33.9 Å². The van der Waals surface area contributed by atoms with Gasteiger partial charge < -0.3 is 10.2 Å². The smallest absolute Gasteiger partial charge is 0.318 e. The van der Waals surface area contributed by atoms with Crippen LogP contribution in [0.25, 0.3) is 0 Å². The zero-order chi connectivity index (χ0) is 19.5. The summed E-state index contributed by atoms with van der Waals surface area (Å²) in [6, 6.07) is 17.7. The number of halogens is 1. The molecule has 1 atom stereocenters. The van der Waals surface area contributed by atoms with E-state index in [2.05, 4.69) is 35.4 Å². The van der Waals surface area contributed by atoms with Gasteiger partial charge in [-0.05, 0) is 53.8 Å². The maximum absolute atomic E-state index is 13.1. The van der Waals surface area contributed by atoms with Gasteiger partial charge in [-0.1, -0.05) is 53.6 Å². The minimum Gasteiger partial charge on any atom is -0.334 e. The van der Waals surface area contributed by atoms with E-state index < -0.39 is 0 Å². The van der Waals surface area contributed by atoms with Crippen LogP contribution in [-0.4, -0.2) is 22.5 Å². The Hall–Kier alpha value is -2.85. The first-order valence-electron chi connectivity index (χ1n) is 9.40. The molecule has 1 N–H and O–H groups in total. The highest BCUT2D eigenvalue weighted by atomic mass is 35.5. The van der Waals surface area contributed by atoms with E-state index in [9.17, 15) is 4.79 Å². The molecule has 0 fully saturated rings. The molecule has 0 spiro atoms. The molecule has 0 aliphatic carbocycles. The Kier molecular flexibility index (Phi) is 5.31. The van der Waals surface area contributed by atoms with Gasteiger partial charge in [-0.2, -0.15) is 0 Å². The maximum atomic E-state index is 13.1.